The van der Waals surface area contributed by atoms with Crippen LogP contribution < -0.4 is 10.6 Å². The summed E-state index contributed by atoms with van der Waals surface area (Å²) >= 11 is 0. The van der Waals surface area contributed by atoms with Crippen LogP contribution in [0.4, 0.5) is 11.4 Å². The Kier molecular flexibility index (Phi) is 6.31. The zero-order valence-corrected chi connectivity index (χ0v) is 15.8. The predicted octanol–water partition coefficient (Wildman–Crippen LogP) is 1.27. The lowest BCUT2D eigenvalue weighted by atomic mass is 10.1. The van der Waals surface area contributed by atoms with Crippen LogP contribution in [-0.4, -0.2) is 37.8 Å². The molecule has 1 aromatic carbocycles. The molecule has 4 N–H and O–H groups in total. The Hall–Kier alpha value is -2.28. The molecule has 0 aliphatic heterocycles. The first-order valence-electron chi connectivity index (χ1n) is 7.11. The van der Waals surface area contributed by atoms with Crippen molar-refractivity contribution in [3.05, 3.63) is 23.8 Å². The van der Waals surface area contributed by atoms with E-state index in [-0.39, 0.29) is 17.5 Å². The first-order valence-corrected chi connectivity index (χ1v) is 9.99. The molecule has 0 aromatic heterocycles. The molecule has 0 unspecified atom stereocenters. The average molecular weight is 406 g/mol. The summed E-state index contributed by atoms with van der Waals surface area (Å²) in [5, 5.41) is 4.26. The fourth-order valence-corrected chi connectivity index (χ4v) is 4.22. The second-order valence-electron chi connectivity index (χ2n) is 5.20. The maximum absolute atomic E-state index is 11.9. The van der Waals surface area contributed by atoms with E-state index < -0.39 is 53.2 Å². The third-order valence-corrected chi connectivity index (χ3v) is 5.47. The van der Waals surface area contributed by atoms with Crippen LogP contribution in [0.1, 0.15) is 24.5 Å². The van der Waals surface area contributed by atoms with Crippen molar-refractivity contribution in [2.24, 2.45) is 0 Å². The van der Waals surface area contributed by atoms with Crippen molar-refractivity contribution in [3.63, 3.8) is 0 Å². The Balaban J connectivity index is 4.15. The second kappa shape index (κ2) is 7.53. The highest BCUT2D eigenvalue weighted by Gasteiger charge is 2.32. The molecule has 0 bridgehead atoms. The number of carbonyl (C=O) groups excluding carboxylic acids is 2. The fraction of sp³-hybridized carbons (Fsp3) is 0.286. The van der Waals surface area contributed by atoms with E-state index in [0.717, 1.165) is 19.9 Å². The maximum atomic E-state index is 11.9. The van der Waals surface area contributed by atoms with Crippen LogP contribution in [0.25, 0.3) is 0 Å². The average Bonchev–Trinajstić information content (AvgIpc) is 2.48. The third kappa shape index (κ3) is 4.46. The van der Waals surface area contributed by atoms with Crippen LogP contribution in [0, 0.1) is 13.8 Å². The summed E-state index contributed by atoms with van der Waals surface area (Å²) in [6.45, 7) is 6.90. The van der Waals surface area contributed by atoms with Crippen molar-refractivity contribution in [2.45, 2.75) is 37.0 Å². The molecule has 0 spiro atoms. The van der Waals surface area contributed by atoms with Crippen molar-refractivity contribution < 1.29 is 35.5 Å². The van der Waals surface area contributed by atoms with E-state index in [0.29, 0.717) is 0 Å². The molecule has 0 saturated carbocycles. The Labute approximate surface area is 150 Å². The molecule has 2 amide bonds. The van der Waals surface area contributed by atoms with Crippen LogP contribution >= 0.6 is 0 Å². The highest BCUT2D eigenvalue weighted by atomic mass is 32.2. The molecule has 10 nitrogen and oxygen atoms in total. The summed E-state index contributed by atoms with van der Waals surface area (Å²) in [5.41, 5.74) is -1.85. The number of hydrogen-bond donors (Lipinski definition) is 4. The summed E-state index contributed by atoms with van der Waals surface area (Å²) < 4.78 is 66.4. The van der Waals surface area contributed by atoms with Gasteiger partial charge in [0.15, 0.2) is 0 Å². The molecule has 0 aliphatic rings. The Morgan fingerprint density at radius 3 is 1.73 bits per heavy atom. The van der Waals surface area contributed by atoms with Gasteiger partial charge in [0.1, 0.15) is 9.79 Å². The first-order chi connectivity index (χ1) is 11.8. The molecular formula is C14H18N2O8S2. The molecule has 0 heterocycles. The quantitative estimate of drug-likeness (QED) is 0.404. The number of carbonyl (C=O) groups is 2. The third-order valence-electron chi connectivity index (χ3n) is 3.42. The molecule has 12 heteroatoms. The van der Waals surface area contributed by atoms with Gasteiger partial charge in [-0.3, -0.25) is 18.7 Å². The first kappa shape index (κ1) is 21.8. The molecule has 0 aliphatic carbocycles. The zero-order valence-electron chi connectivity index (χ0n) is 14.2. The molecule has 144 valence electrons. The van der Waals surface area contributed by atoms with Crippen LogP contribution in [0.2, 0.25) is 0 Å². The normalized spacial score (nSPS) is 11.7. The van der Waals surface area contributed by atoms with E-state index in [1.807, 2.05) is 0 Å². The predicted molar refractivity (Wildman–Crippen MR) is 93.3 cm³/mol. The van der Waals surface area contributed by atoms with Gasteiger partial charge in [-0.2, -0.15) is 16.8 Å². The smallest absolute Gasteiger partial charge is 0.298 e. The van der Waals surface area contributed by atoms with Gasteiger partial charge in [-0.05, 0) is 31.1 Å². The molecule has 0 radical (unpaired) electrons. The Morgan fingerprint density at radius 2 is 1.38 bits per heavy atom. The van der Waals surface area contributed by atoms with Crippen LogP contribution in [0.5, 0.6) is 0 Å². The molecule has 0 atom stereocenters. The summed E-state index contributed by atoms with van der Waals surface area (Å²) in [4.78, 5) is 21.8. The van der Waals surface area contributed by atoms with Crippen molar-refractivity contribution >= 4 is 43.4 Å². The van der Waals surface area contributed by atoms with Gasteiger partial charge >= 0.3 is 0 Å². The van der Waals surface area contributed by atoms with Gasteiger partial charge in [0.25, 0.3) is 20.2 Å². The van der Waals surface area contributed by atoms with Crippen molar-refractivity contribution in [2.75, 3.05) is 10.6 Å². The van der Waals surface area contributed by atoms with E-state index in [1.54, 1.807) is 0 Å². The minimum atomic E-state index is -5.02. The summed E-state index contributed by atoms with van der Waals surface area (Å²) in [6, 6.07) is 0. The lowest BCUT2D eigenvalue weighted by Crippen LogP contribution is -2.21. The van der Waals surface area contributed by atoms with Crippen LogP contribution in [0.15, 0.2) is 22.4 Å². The largest absolute Gasteiger partial charge is 0.325 e. The van der Waals surface area contributed by atoms with Gasteiger partial charge in [-0.25, -0.2) is 0 Å². The second-order valence-corrected chi connectivity index (χ2v) is 7.92. The standard InChI is InChI=1S/C14H18N2O8S2/c1-5-9(17)15-11-7(3)13(25(19,20)21)8(4)12(16-10(18)6-2)14(11)26(22,23)24/h5H,1,6H2,2-4H3,(H,15,17)(H,16,18)(H,19,20,21)(H,22,23,24). The Morgan fingerprint density at radius 1 is 0.962 bits per heavy atom. The van der Waals surface area contributed by atoms with E-state index in [9.17, 15) is 35.5 Å². The maximum Gasteiger partial charge on any atom is 0.298 e. The van der Waals surface area contributed by atoms with Gasteiger partial charge < -0.3 is 10.6 Å². The lowest BCUT2D eigenvalue weighted by molar-refractivity contribution is -0.116. The fourth-order valence-electron chi connectivity index (χ4n) is 2.32. The topological polar surface area (TPSA) is 167 Å². The number of anilines is 2. The monoisotopic (exact) mass is 406 g/mol. The molecule has 26 heavy (non-hydrogen) atoms. The molecule has 0 fully saturated rings. The Bertz CT molecular complexity index is 995. The summed E-state index contributed by atoms with van der Waals surface area (Å²) in [7, 11) is -9.88. The van der Waals surface area contributed by atoms with E-state index in [1.165, 1.54) is 6.92 Å². The van der Waals surface area contributed by atoms with Gasteiger partial charge in [0.05, 0.1) is 11.4 Å². The zero-order chi connectivity index (χ0) is 20.4. The highest BCUT2D eigenvalue weighted by Crippen LogP contribution is 2.40. The van der Waals surface area contributed by atoms with Crippen LogP contribution in [0.3, 0.4) is 0 Å². The van der Waals surface area contributed by atoms with Gasteiger partial charge in [-0.1, -0.05) is 13.5 Å². The van der Waals surface area contributed by atoms with Gasteiger partial charge in [-0.15, -0.1) is 0 Å². The molecule has 1 aromatic rings. The minimum Gasteiger partial charge on any atom is -0.325 e. The van der Waals surface area contributed by atoms with Gasteiger partial charge in [0.2, 0.25) is 11.8 Å². The molecular weight excluding hydrogens is 388 g/mol. The minimum absolute atomic E-state index is 0.0895. The highest BCUT2D eigenvalue weighted by molar-refractivity contribution is 7.86. The van der Waals surface area contributed by atoms with Crippen molar-refractivity contribution in [1.29, 1.82) is 0 Å². The summed E-state index contributed by atoms with van der Waals surface area (Å²) in [5.74, 6) is -1.60. The van der Waals surface area contributed by atoms with E-state index >= 15 is 0 Å². The molecule has 0 saturated heterocycles. The number of benzene rings is 1. The van der Waals surface area contributed by atoms with E-state index in [4.69, 9.17) is 0 Å². The van der Waals surface area contributed by atoms with Gasteiger partial charge in [0, 0.05) is 6.42 Å². The van der Waals surface area contributed by atoms with Crippen molar-refractivity contribution in [1.82, 2.24) is 0 Å². The molecule has 1 rings (SSSR count). The number of rotatable bonds is 6. The van der Waals surface area contributed by atoms with Crippen molar-refractivity contribution in [3.8, 4) is 0 Å². The summed E-state index contributed by atoms with van der Waals surface area (Å²) in [6.07, 6.45) is 0.693. The SMILES string of the molecule is C=CC(=O)Nc1c(C)c(S(=O)(=O)O)c(C)c(NC(=O)CC)c1S(=O)(=O)O. The number of nitrogens with one attached hydrogen (secondary N) is 2. The lowest BCUT2D eigenvalue weighted by Gasteiger charge is -2.21. The number of hydrogen-bond acceptors (Lipinski definition) is 6. The van der Waals surface area contributed by atoms with E-state index in [2.05, 4.69) is 17.2 Å². The van der Waals surface area contributed by atoms with Crippen LogP contribution in [-0.2, 0) is 29.8 Å². The number of amides is 2.